The summed E-state index contributed by atoms with van der Waals surface area (Å²) in [7, 11) is 1.56. The Bertz CT molecular complexity index is 665. The number of H-pyrrole nitrogens is 2. The Hall–Kier alpha value is -1.89. The van der Waals surface area contributed by atoms with E-state index in [1.807, 2.05) is 0 Å². The minimum atomic E-state index is -0.477. The second kappa shape index (κ2) is 4.77. The molecule has 2 heterocycles. The number of aliphatic hydroxyl groups excluding tert-OH is 1. The second-order valence-corrected chi connectivity index (χ2v) is 4.44. The van der Waals surface area contributed by atoms with E-state index in [9.17, 15) is 9.59 Å². The van der Waals surface area contributed by atoms with Crippen LogP contribution in [0.4, 0.5) is 0 Å². The lowest BCUT2D eigenvalue weighted by Gasteiger charge is -2.00. The number of aliphatic hydroxyl groups is 1. The summed E-state index contributed by atoms with van der Waals surface area (Å²) in [5.74, 6) is 0.650. The second-order valence-electron chi connectivity index (χ2n) is 4.44. The number of rotatable bonds is 4. The number of imidazole rings is 1. The monoisotopic (exact) mass is 252 g/mol. The van der Waals surface area contributed by atoms with Crippen molar-refractivity contribution in [3.8, 4) is 0 Å². The molecule has 2 aromatic heterocycles. The van der Waals surface area contributed by atoms with Gasteiger partial charge in [0.2, 0.25) is 0 Å². The van der Waals surface area contributed by atoms with E-state index in [1.165, 1.54) is 4.57 Å². The van der Waals surface area contributed by atoms with Gasteiger partial charge in [-0.05, 0) is 19.8 Å². The molecule has 98 valence electrons. The van der Waals surface area contributed by atoms with Crippen molar-refractivity contribution >= 4 is 11.2 Å². The Morgan fingerprint density at radius 3 is 2.78 bits per heavy atom. The average Bonchev–Trinajstić information content (AvgIpc) is 2.70. The number of nitrogens with one attached hydrogen (secondary N) is 2. The first-order valence-electron chi connectivity index (χ1n) is 5.85. The van der Waals surface area contributed by atoms with Gasteiger partial charge in [0.15, 0.2) is 5.65 Å². The van der Waals surface area contributed by atoms with Gasteiger partial charge < -0.3 is 10.1 Å². The molecule has 2 rings (SSSR count). The van der Waals surface area contributed by atoms with Crippen molar-refractivity contribution in [2.45, 2.75) is 32.3 Å². The van der Waals surface area contributed by atoms with Gasteiger partial charge in [0.25, 0.3) is 5.56 Å². The first-order valence-corrected chi connectivity index (χ1v) is 5.85. The molecule has 3 N–H and O–H groups in total. The molecule has 0 saturated heterocycles. The predicted molar refractivity (Wildman–Crippen MR) is 66.6 cm³/mol. The van der Waals surface area contributed by atoms with Crippen molar-refractivity contribution < 1.29 is 5.11 Å². The van der Waals surface area contributed by atoms with Crippen LogP contribution < -0.4 is 11.2 Å². The van der Waals surface area contributed by atoms with Crippen LogP contribution in [0.15, 0.2) is 9.59 Å². The molecule has 1 unspecified atom stereocenters. The molecule has 0 amide bonds. The molecule has 7 nitrogen and oxygen atoms in total. The van der Waals surface area contributed by atoms with Crippen LogP contribution in [0, 0.1) is 0 Å². The van der Waals surface area contributed by atoms with E-state index in [4.69, 9.17) is 5.11 Å². The maximum Gasteiger partial charge on any atom is 0.329 e. The number of fused-ring (bicyclic) bond motifs is 1. The first kappa shape index (κ1) is 12.6. The maximum absolute atomic E-state index is 11.6. The van der Waals surface area contributed by atoms with E-state index >= 15 is 0 Å². The molecule has 2 aromatic rings. The summed E-state index contributed by atoms with van der Waals surface area (Å²) in [4.78, 5) is 32.3. The minimum absolute atomic E-state index is 0.309. The van der Waals surface area contributed by atoms with Gasteiger partial charge in [-0.15, -0.1) is 0 Å². The van der Waals surface area contributed by atoms with Gasteiger partial charge in [-0.25, -0.2) is 9.78 Å². The zero-order valence-corrected chi connectivity index (χ0v) is 10.4. The average molecular weight is 252 g/mol. The molecule has 0 aromatic carbocycles. The van der Waals surface area contributed by atoms with E-state index in [2.05, 4.69) is 15.0 Å². The Labute approximate surface area is 102 Å². The number of aromatic nitrogens is 4. The first-order chi connectivity index (χ1) is 8.49. The molecule has 0 spiro atoms. The molecular formula is C11H16N4O3. The van der Waals surface area contributed by atoms with Crippen LogP contribution in [-0.2, 0) is 13.5 Å². The smallest absolute Gasteiger partial charge is 0.329 e. The molecule has 0 bridgehead atoms. The van der Waals surface area contributed by atoms with Crippen molar-refractivity contribution in [2.24, 2.45) is 7.05 Å². The highest BCUT2D eigenvalue weighted by molar-refractivity contribution is 5.69. The number of hydrogen-bond donors (Lipinski definition) is 3. The fourth-order valence-electron chi connectivity index (χ4n) is 1.84. The fraction of sp³-hybridized carbons (Fsp3) is 0.545. The van der Waals surface area contributed by atoms with Crippen LogP contribution in [0.1, 0.15) is 25.6 Å². The summed E-state index contributed by atoms with van der Waals surface area (Å²) in [6.45, 7) is 1.73. The van der Waals surface area contributed by atoms with Crippen LogP contribution in [0.2, 0.25) is 0 Å². The fourth-order valence-corrected chi connectivity index (χ4v) is 1.84. The molecule has 0 fully saturated rings. The Morgan fingerprint density at radius 1 is 1.39 bits per heavy atom. The number of nitrogens with zero attached hydrogens (tertiary/aromatic N) is 2. The molecular weight excluding hydrogens is 236 g/mol. The zero-order valence-electron chi connectivity index (χ0n) is 10.4. The van der Waals surface area contributed by atoms with Crippen molar-refractivity contribution in [1.82, 2.24) is 19.5 Å². The highest BCUT2D eigenvalue weighted by Gasteiger charge is 2.10. The van der Waals surface area contributed by atoms with Crippen LogP contribution in [-0.4, -0.2) is 30.7 Å². The van der Waals surface area contributed by atoms with Gasteiger partial charge in [0, 0.05) is 13.5 Å². The van der Waals surface area contributed by atoms with E-state index in [1.54, 1.807) is 14.0 Å². The largest absolute Gasteiger partial charge is 0.393 e. The third-order valence-electron chi connectivity index (χ3n) is 2.84. The molecule has 0 aliphatic carbocycles. The number of aryl methyl sites for hydroxylation is 2. The van der Waals surface area contributed by atoms with Crippen LogP contribution in [0.5, 0.6) is 0 Å². The normalized spacial score (nSPS) is 13.1. The molecule has 1 atom stereocenters. The van der Waals surface area contributed by atoms with Crippen LogP contribution >= 0.6 is 0 Å². The van der Waals surface area contributed by atoms with Crippen LogP contribution in [0.3, 0.4) is 0 Å². The van der Waals surface area contributed by atoms with Gasteiger partial charge in [0.05, 0.1) is 6.10 Å². The topological polar surface area (TPSA) is 104 Å². The van der Waals surface area contributed by atoms with E-state index in [-0.39, 0.29) is 6.10 Å². The highest BCUT2D eigenvalue weighted by Crippen LogP contribution is 2.07. The number of hydrogen-bond acceptors (Lipinski definition) is 4. The summed E-state index contributed by atoms with van der Waals surface area (Å²) in [5.41, 5.74) is -0.267. The van der Waals surface area contributed by atoms with Gasteiger partial charge in [-0.3, -0.25) is 14.3 Å². The Balaban J connectivity index is 2.33. The lowest BCUT2D eigenvalue weighted by molar-refractivity contribution is 0.181. The summed E-state index contributed by atoms with van der Waals surface area (Å²) < 4.78 is 1.30. The lowest BCUT2D eigenvalue weighted by Crippen LogP contribution is -2.28. The zero-order chi connectivity index (χ0) is 13.3. The SMILES string of the molecule is CC(O)CCCc1nc2c([nH]1)c(=O)[nH]c(=O)n2C. The van der Waals surface area contributed by atoms with Gasteiger partial charge in [-0.1, -0.05) is 0 Å². The van der Waals surface area contributed by atoms with E-state index in [0.29, 0.717) is 29.8 Å². The quantitative estimate of drug-likeness (QED) is 0.692. The van der Waals surface area contributed by atoms with E-state index in [0.717, 1.165) is 6.42 Å². The molecule has 18 heavy (non-hydrogen) atoms. The van der Waals surface area contributed by atoms with Gasteiger partial charge in [-0.2, -0.15) is 0 Å². The van der Waals surface area contributed by atoms with Gasteiger partial charge in [0.1, 0.15) is 11.3 Å². The Kier molecular flexibility index (Phi) is 3.33. The van der Waals surface area contributed by atoms with Crippen molar-refractivity contribution in [2.75, 3.05) is 0 Å². The van der Waals surface area contributed by atoms with Crippen molar-refractivity contribution in [3.05, 3.63) is 26.7 Å². The summed E-state index contributed by atoms with van der Waals surface area (Å²) in [6.07, 6.45) is 1.73. The van der Waals surface area contributed by atoms with Crippen LogP contribution in [0.25, 0.3) is 11.2 Å². The van der Waals surface area contributed by atoms with E-state index < -0.39 is 11.2 Å². The Morgan fingerprint density at radius 2 is 2.11 bits per heavy atom. The predicted octanol–water partition coefficient (Wildman–Crippen LogP) is -0.347. The standard InChI is InChI=1S/C11H16N4O3/c1-6(16)4-3-5-7-12-8-9(13-7)15(2)11(18)14-10(8)17/h6,16H,3-5H2,1-2H3,(H,12,13)(H,14,17,18). The summed E-state index contributed by atoms with van der Waals surface area (Å²) in [5, 5.41) is 9.16. The molecule has 0 aliphatic rings. The molecule has 0 aliphatic heterocycles. The lowest BCUT2D eigenvalue weighted by atomic mass is 10.2. The summed E-state index contributed by atoms with van der Waals surface area (Å²) >= 11 is 0. The molecule has 0 saturated carbocycles. The van der Waals surface area contributed by atoms with Gasteiger partial charge >= 0.3 is 5.69 Å². The highest BCUT2D eigenvalue weighted by atomic mass is 16.3. The third-order valence-corrected chi connectivity index (χ3v) is 2.84. The summed E-state index contributed by atoms with van der Waals surface area (Å²) in [6, 6.07) is 0. The maximum atomic E-state index is 11.6. The number of aromatic amines is 2. The minimum Gasteiger partial charge on any atom is -0.393 e. The van der Waals surface area contributed by atoms with Crippen molar-refractivity contribution in [3.63, 3.8) is 0 Å². The molecule has 0 radical (unpaired) electrons. The third kappa shape index (κ3) is 2.35. The van der Waals surface area contributed by atoms with Crippen molar-refractivity contribution in [1.29, 1.82) is 0 Å². The molecule has 7 heteroatoms.